The average Bonchev–Trinajstić information content (AvgIpc) is 2.71. The summed E-state index contributed by atoms with van der Waals surface area (Å²) in [6.07, 6.45) is 0. The summed E-state index contributed by atoms with van der Waals surface area (Å²) in [7, 11) is 1.60. The number of nitrogens with one attached hydrogen (secondary N) is 1. The standard InChI is InChI=1S/C21H25NO4S/c1-16(14-27-15-18-6-4-3-5-7-18)21(24)26-13-20(23)22-12-17-8-10-19(25-2)11-9-17/h3-11,16H,12-15H2,1-2H3,(H,22,23). The molecule has 6 heteroatoms. The van der Waals surface area contributed by atoms with Crippen molar-refractivity contribution in [2.75, 3.05) is 19.5 Å². The molecular weight excluding hydrogens is 362 g/mol. The Balaban J connectivity index is 1.62. The van der Waals surface area contributed by atoms with E-state index in [1.165, 1.54) is 5.56 Å². The van der Waals surface area contributed by atoms with E-state index in [0.717, 1.165) is 17.1 Å². The number of ether oxygens (including phenoxy) is 2. The molecule has 0 aliphatic heterocycles. The summed E-state index contributed by atoms with van der Waals surface area (Å²) in [5.41, 5.74) is 2.17. The van der Waals surface area contributed by atoms with Gasteiger partial charge in [0.2, 0.25) is 0 Å². The summed E-state index contributed by atoms with van der Waals surface area (Å²) in [6, 6.07) is 17.5. The van der Waals surface area contributed by atoms with Crippen LogP contribution in [0.2, 0.25) is 0 Å². The molecule has 1 atom stereocenters. The molecule has 0 aromatic heterocycles. The van der Waals surface area contributed by atoms with E-state index >= 15 is 0 Å². The highest BCUT2D eigenvalue weighted by Crippen LogP contribution is 2.16. The van der Waals surface area contributed by atoms with Gasteiger partial charge < -0.3 is 14.8 Å². The van der Waals surface area contributed by atoms with E-state index in [2.05, 4.69) is 17.4 Å². The number of hydrogen-bond donors (Lipinski definition) is 1. The maximum absolute atomic E-state index is 12.0. The van der Waals surface area contributed by atoms with Crippen molar-refractivity contribution in [1.82, 2.24) is 5.32 Å². The Morgan fingerprint density at radius 3 is 2.41 bits per heavy atom. The molecule has 0 spiro atoms. The van der Waals surface area contributed by atoms with Gasteiger partial charge >= 0.3 is 5.97 Å². The molecule has 0 fully saturated rings. The fraction of sp³-hybridized carbons (Fsp3) is 0.333. The summed E-state index contributed by atoms with van der Waals surface area (Å²) in [5.74, 6) is 1.34. The minimum absolute atomic E-state index is 0.256. The van der Waals surface area contributed by atoms with E-state index in [9.17, 15) is 9.59 Å². The Hall–Kier alpha value is -2.47. The summed E-state index contributed by atoms with van der Waals surface area (Å²) < 4.78 is 10.2. The van der Waals surface area contributed by atoms with E-state index in [0.29, 0.717) is 12.3 Å². The van der Waals surface area contributed by atoms with Gasteiger partial charge in [0.1, 0.15) is 5.75 Å². The van der Waals surface area contributed by atoms with Gasteiger partial charge in [0, 0.05) is 18.1 Å². The molecule has 0 aliphatic rings. The molecular formula is C21H25NO4S. The number of rotatable bonds is 10. The van der Waals surface area contributed by atoms with Crippen LogP contribution in [-0.4, -0.2) is 31.3 Å². The van der Waals surface area contributed by atoms with E-state index in [1.807, 2.05) is 49.4 Å². The van der Waals surface area contributed by atoms with Crippen LogP contribution in [0.1, 0.15) is 18.1 Å². The molecule has 1 unspecified atom stereocenters. The van der Waals surface area contributed by atoms with Gasteiger partial charge in [0.25, 0.3) is 5.91 Å². The van der Waals surface area contributed by atoms with Gasteiger partial charge in [0.15, 0.2) is 6.61 Å². The number of carbonyl (C=O) groups excluding carboxylic acids is 2. The fourth-order valence-corrected chi connectivity index (χ4v) is 3.31. The van der Waals surface area contributed by atoms with Crippen molar-refractivity contribution in [1.29, 1.82) is 0 Å². The van der Waals surface area contributed by atoms with Crippen molar-refractivity contribution in [2.45, 2.75) is 19.2 Å². The molecule has 0 radical (unpaired) electrons. The van der Waals surface area contributed by atoms with E-state index in [4.69, 9.17) is 9.47 Å². The maximum atomic E-state index is 12.0. The van der Waals surface area contributed by atoms with Crippen molar-refractivity contribution in [3.8, 4) is 5.75 Å². The first kappa shape index (κ1) is 20.8. The zero-order chi connectivity index (χ0) is 19.5. The minimum Gasteiger partial charge on any atom is -0.497 e. The Bertz CT molecular complexity index is 719. The highest BCUT2D eigenvalue weighted by molar-refractivity contribution is 7.98. The predicted octanol–water partition coefficient (Wildman–Crippen LogP) is 3.42. The van der Waals surface area contributed by atoms with Crippen molar-refractivity contribution >= 4 is 23.6 Å². The largest absolute Gasteiger partial charge is 0.497 e. The van der Waals surface area contributed by atoms with Crippen molar-refractivity contribution in [2.24, 2.45) is 5.92 Å². The van der Waals surface area contributed by atoms with Gasteiger partial charge in [-0.2, -0.15) is 11.8 Å². The highest BCUT2D eigenvalue weighted by atomic mass is 32.2. The number of amides is 1. The number of methoxy groups -OCH3 is 1. The Morgan fingerprint density at radius 2 is 1.74 bits per heavy atom. The first-order chi connectivity index (χ1) is 13.1. The first-order valence-electron chi connectivity index (χ1n) is 8.76. The summed E-state index contributed by atoms with van der Waals surface area (Å²) in [4.78, 5) is 23.9. The molecule has 1 amide bonds. The third-order valence-corrected chi connectivity index (χ3v) is 5.15. The van der Waals surface area contributed by atoms with Gasteiger partial charge in [-0.05, 0) is 23.3 Å². The summed E-state index contributed by atoms with van der Waals surface area (Å²) in [6.45, 7) is 1.93. The van der Waals surface area contributed by atoms with Crippen LogP contribution in [0.5, 0.6) is 5.75 Å². The number of carbonyl (C=O) groups is 2. The second kappa shape index (κ2) is 11.3. The van der Waals surface area contributed by atoms with Crippen LogP contribution in [0.15, 0.2) is 54.6 Å². The van der Waals surface area contributed by atoms with Gasteiger partial charge in [0.05, 0.1) is 13.0 Å². The lowest BCUT2D eigenvalue weighted by Crippen LogP contribution is -2.30. The summed E-state index contributed by atoms with van der Waals surface area (Å²) in [5, 5.41) is 2.73. The minimum atomic E-state index is -0.352. The van der Waals surface area contributed by atoms with Crippen molar-refractivity contribution < 1.29 is 19.1 Å². The summed E-state index contributed by atoms with van der Waals surface area (Å²) >= 11 is 1.68. The predicted molar refractivity (Wildman–Crippen MR) is 108 cm³/mol. The molecule has 0 heterocycles. The monoisotopic (exact) mass is 387 g/mol. The Kier molecular flexibility index (Phi) is 8.71. The second-order valence-electron chi connectivity index (χ2n) is 6.13. The second-order valence-corrected chi connectivity index (χ2v) is 7.16. The lowest BCUT2D eigenvalue weighted by atomic mass is 10.2. The Morgan fingerprint density at radius 1 is 1.04 bits per heavy atom. The molecule has 2 aromatic carbocycles. The molecule has 2 rings (SSSR count). The molecule has 27 heavy (non-hydrogen) atoms. The molecule has 0 aliphatic carbocycles. The van der Waals surface area contributed by atoms with Crippen LogP contribution >= 0.6 is 11.8 Å². The maximum Gasteiger partial charge on any atom is 0.309 e. The average molecular weight is 388 g/mol. The van der Waals surface area contributed by atoms with E-state index in [-0.39, 0.29) is 24.4 Å². The molecule has 0 bridgehead atoms. The van der Waals surface area contributed by atoms with Crippen molar-refractivity contribution in [3.63, 3.8) is 0 Å². The SMILES string of the molecule is COc1ccc(CNC(=O)COC(=O)C(C)CSCc2ccccc2)cc1. The van der Waals surface area contributed by atoms with Gasteiger partial charge in [-0.25, -0.2) is 0 Å². The Labute approximate surface area is 164 Å². The molecule has 144 valence electrons. The van der Waals surface area contributed by atoms with Gasteiger partial charge in [-0.1, -0.05) is 49.4 Å². The molecule has 0 saturated heterocycles. The number of benzene rings is 2. The van der Waals surface area contributed by atoms with Crippen LogP contribution in [0.3, 0.4) is 0 Å². The highest BCUT2D eigenvalue weighted by Gasteiger charge is 2.16. The number of esters is 1. The zero-order valence-electron chi connectivity index (χ0n) is 15.6. The molecule has 0 saturated carbocycles. The normalized spacial score (nSPS) is 11.5. The zero-order valence-corrected chi connectivity index (χ0v) is 16.5. The van der Waals surface area contributed by atoms with Crippen LogP contribution in [0.25, 0.3) is 0 Å². The molecule has 2 aromatic rings. The lowest BCUT2D eigenvalue weighted by Gasteiger charge is -2.11. The third kappa shape index (κ3) is 7.74. The number of thioether (sulfide) groups is 1. The van der Waals surface area contributed by atoms with E-state index < -0.39 is 0 Å². The molecule has 1 N–H and O–H groups in total. The van der Waals surface area contributed by atoms with Crippen molar-refractivity contribution in [3.05, 3.63) is 65.7 Å². The number of hydrogen-bond acceptors (Lipinski definition) is 5. The lowest BCUT2D eigenvalue weighted by molar-refractivity contribution is -0.151. The van der Waals surface area contributed by atoms with Crippen LogP contribution < -0.4 is 10.1 Å². The van der Waals surface area contributed by atoms with Crippen LogP contribution in [0, 0.1) is 5.92 Å². The molecule has 5 nitrogen and oxygen atoms in total. The topological polar surface area (TPSA) is 64.6 Å². The smallest absolute Gasteiger partial charge is 0.309 e. The quantitative estimate of drug-likeness (QED) is 0.633. The van der Waals surface area contributed by atoms with Gasteiger partial charge in [-0.3, -0.25) is 9.59 Å². The third-order valence-electron chi connectivity index (χ3n) is 3.88. The first-order valence-corrected chi connectivity index (χ1v) is 9.92. The van der Waals surface area contributed by atoms with E-state index in [1.54, 1.807) is 18.9 Å². The van der Waals surface area contributed by atoms with Gasteiger partial charge in [-0.15, -0.1) is 0 Å². The van der Waals surface area contributed by atoms with Crippen LogP contribution in [0.4, 0.5) is 0 Å². The fourth-order valence-electron chi connectivity index (χ4n) is 2.27. The van der Waals surface area contributed by atoms with Crippen LogP contribution in [-0.2, 0) is 26.6 Å².